The molecule has 0 spiro atoms. The van der Waals surface area contributed by atoms with Crippen molar-refractivity contribution in [1.29, 1.82) is 0 Å². The number of fused-ring (bicyclic) bond motifs is 1. The zero-order chi connectivity index (χ0) is 8.93. The van der Waals surface area contributed by atoms with Crippen molar-refractivity contribution in [3.8, 4) is 0 Å². The van der Waals surface area contributed by atoms with Crippen LogP contribution in [-0.2, 0) is 6.42 Å². The lowest BCUT2D eigenvalue weighted by atomic mass is 10.0. The summed E-state index contributed by atoms with van der Waals surface area (Å²) in [7, 11) is 0. The molecule has 0 N–H and O–H groups in total. The van der Waals surface area contributed by atoms with Gasteiger partial charge < -0.3 is 0 Å². The Balaban J connectivity index is 2.44. The molecule has 0 saturated carbocycles. The Morgan fingerprint density at radius 3 is 3.08 bits per heavy atom. The minimum absolute atomic E-state index is 0.956. The van der Waals surface area contributed by atoms with Gasteiger partial charge in [0.15, 0.2) is 0 Å². The second kappa shape index (κ2) is 3.85. The highest BCUT2D eigenvalue weighted by Gasteiger charge is 1.95. The Kier molecular flexibility index (Phi) is 2.37. The van der Waals surface area contributed by atoms with Gasteiger partial charge in [-0.3, -0.25) is 4.99 Å². The van der Waals surface area contributed by atoms with Gasteiger partial charge in [0.25, 0.3) is 0 Å². The van der Waals surface area contributed by atoms with Gasteiger partial charge in [0.1, 0.15) is 0 Å². The molecule has 13 heavy (non-hydrogen) atoms. The standard InChI is InChI=1S/C12H11N/c1-2-6-12-8-4-10-13-9-3-7-11(12)5-1/h1-7,9-10H,8H2. The van der Waals surface area contributed by atoms with E-state index >= 15 is 0 Å². The van der Waals surface area contributed by atoms with Crippen molar-refractivity contribution in [2.45, 2.75) is 6.42 Å². The van der Waals surface area contributed by atoms with E-state index in [4.69, 9.17) is 0 Å². The number of allylic oxidation sites excluding steroid dienone is 2. The molecule has 1 nitrogen and oxygen atoms in total. The lowest BCUT2D eigenvalue weighted by Gasteiger charge is -2.00. The maximum absolute atomic E-state index is 4.08. The van der Waals surface area contributed by atoms with Crippen LogP contribution < -0.4 is 0 Å². The molecule has 0 amide bonds. The molecule has 0 saturated heterocycles. The molecule has 1 heterocycles. The molecule has 1 aromatic carbocycles. The zero-order valence-corrected chi connectivity index (χ0v) is 7.35. The van der Waals surface area contributed by atoms with Crippen LogP contribution in [0.15, 0.2) is 47.6 Å². The number of hydrogen-bond acceptors (Lipinski definition) is 1. The van der Waals surface area contributed by atoms with Crippen LogP contribution in [-0.4, -0.2) is 6.21 Å². The smallest absolute Gasteiger partial charge is 0.0267 e. The number of aliphatic imine (C=N–C) groups is 1. The molecule has 0 radical (unpaired) electrons. The van der Waals surface area contributed by atoms with Crippen molar-refractivity contribution < 1.29 is 0 Å². The van der Waals surface area contributed by atoms with E-state index in [0.717, 1.165) is 6.42 Å². The number of hydrogen-bond donors (Lipinski definition) is 0. The van der Waals surface area contributed by atoms with Crippen LogP contribution in [0, 0.1) is 0 Å². The fourth-order valence-electron chi connectivity index (χ4n) is 1.37. The van der Waals surface area contributed by atoms with E-state index in [9.17, 15) is 0 Å². The van der Waals surface area contributed by atoms with E-state index in [1.165, 1.54) is 11.1 Å². The van der Waals surface area contributed by atoms with Crippen molar-refractivity contribution in [1.82, 2.24) is 0 Å². The monoisotopic (exact) mass is 169 g/mol. The average Bonchev–Trinajstić information content (AvgIpc) is 2.28. The van der Waals surface area contributed by atoms with E-state index in [1.54, 1.807) is 6.21 Å². The molecule has 64 valence electrons. The van der Waals surface area contributed by atoms with Crippen molar-refractivity contribution >= 4 is 12.3 Å². The predicted molar refractivity (Wildman–Crippen MR) is 56.8 cm³/mol. The summed E-state index contributed by atoms with van der Waals surface area (Å²) in [5, 5.41) is 0. The quantitative estimate of drug-likeness (QED) is 0.566. The molecule has 1 heteroatoms. The largest absolute Gasteiger partial charge is 0.265 e. The Hall–Kier alpha value is -1.63. The van der Waals surface area contributed by atoms with Gasteiger partial charge in [0.05, 0.1) is 0 Å². The third-order valence-corrected chi connectivity index (χ3v) is 2.03. The topological polar surface area (TPSA) is 12.4 Å². The van der Waals surface area contributed by atoms with E-state index in [-0.39, 0.29) is 0 Å². The minimum Gasteiger partial charge on any atom is -0.265 e. The van der Waals surface area contributed by atoms with Gasteiger partial charge in [0, 0.05) is 12.4 Å². The summed E-state index contributed by atoms with van der Waals surface area (Å²) in [4.78, 5) is 4.08. The molecule has 1 aliphatic rings. The van der Waals surface area contributed by atoms with Crippen LogP contribution in [0.1, 0.15) is 11.1 Å². The summed E-state index contributed by atoms with van der Waals surface area (Å²) >= 11 is 0. The first-order valence-corrected chi connectivity index (χ1v) is 4.39. The number of nitrogens with zero attached hydrogens (tertiary/aromatic N) is 1. The first-order valence-electron chi connectivity index (χ1n) is 4.39. The minimum atomic E-state index is 0.956. The summed E-state index contributed by atoms with van der Waals surface area (Å²) in [6.45, 7) is 0. The molecule has 0 aromatic heterocycles. The first kappa shape index (κ1) is 7.99. The number of benzene rings is 1. The van der Waals surface area contributed by atoms with Gasteiger partial charge in [-0.1, -0.05) is 36.4 Å². The van der Waals surface area contributed by atoms with Crippen molar-refractivity contribution in [2.75, 3.05) is 0 Å². The summed E-state index contributed by atoms with van der Waals surface area (Å²) < 4.78 is 0. The fourth-order valence-corrected chi connectivity index (χ4v) is 1.37. The molecule has 0 unspecified atom stereocenters. The second-order valence-electron chi connectivity index (χ2n) is 2.94. The predicted octanol–water partition coefficient (Wildman–Crippen LogP) is 2.84. The molecule has 1 aliphatic heterocycles. The molecule has 0 aliphatic carbocycles. The normalized spacial score (nSPS) is 14.5. The van der Waals surface area contributed by atoms with E-state index in [2.05, 4.69) is 41.4 Å². The molecule has 0 bridgehead atoms. The summed E-state index contributed by atoms with van der Waals surface area (Å²) in [6, 6.07) is 8.40. The second-order valence-corrected chi connectivity index (χ2v) is 2.94. The third kappa shape index (κ3) is 1.94. The van der Waals surface area contributed by atoms with Crippen LogP contribution in [0.25, 0.3) is 6.08 Å². The van der Waals surface area contributed by atoms with E-state index in [0.29, 0.717) is 0 Å². The highest BCUT2D eigenvalue weighted by molar-refractivity contribution is 5.79. The van der Waals surface area contributed by atoms with Gasteiger partial charge in [-0.15, -0.1) is 0 Å². The molecule has 1 aromatic rings. The Morgan fingerprint density at radius 1 is 1.15 bits per heavy atom. The van der Waals surface area contributed by atoms with Gasteiger partial charge in [-0.2, -0.15) is 0 Å². The Labute approximate surface area is 78.1 Å². The lowest BCUT2D eigenvalue weighted by Crippen LogP contribution is -1.85. The van der Waals surface area contributed by atoms with Crippen LogP contribution >= 0.6 is 0 Å². The van der Waals surface area contributed by atoms with Crippen LogP contribution in [0.5, 0.6) is 0 Å². The van der Waals surface area contributed by atoms with E-state index < -0.39 is 0 Å². The third-order valence-electron chi connectivity index (χ3n) is 2.03. The lowest BCUT2D eigenvalue weighted by molar-refractivity contribution is 1.25. The Morgan fingerprint density at radius 2 is 2.08 bits per heavy atom. The summed E-state index contributed by atoms with van der Waals surface area (Å²) in [5.41, 5.74) is 2.63. The fraction of sp³-hybridized carbons (Fsp3) is 0.0833. The Bertz CT molecular complexity index is 372. The van der Waals surface area contributed by atoms with Crippen LogP contribution in [0.2, 0.25) is 0 Å². The van der Waals surface area contributed by atoms with Crippen LogP contribution in [0.4, 0.5) is 0 Å². The van der Waals surface area contributed by atoms with E-state index in [1.807, 2.05) is 12.3 Å². The van der Waals surface area contributed by atoms with Gasteiger partial charge in [-0.25, -0.2) is 0 Å². The molecular formula is C12H11N. The summed E-state index contributed by atoms with van der Waals surface area (Å²) in [6.07, 6.45) is 10.7. The van der Waals surface area contributed by atoms with Gasteiger partial charge in [-0.05, 0) is 23.6 Å². The molecule has 2 rings (SSSR count). The van der Waals surface area contributed by atoms with Crippen molar-refractivity contribution in [3.05, 3.63) is 53.7 Å². The SMILES string of the molecule is C1=Cc2ccccc2CC=CN=C1. The zero-order valence-electron chi connectivity index (χ0n) is 7.35. The van der Waals surface area contributed by atoms with Gasteiger partial charge in [0.2, 0.25) is 0 Å². The maximum Gasteiger partial charge on any atom is 0.0267 e. The highest BCUT2D eigenvalue weighted by Crippen LogP contribution is 2.12. The maximum atomic E-state index is 4.08. The molecular weight excluding hydrogens is 158 g/mol. The summed E-state index contributed by atoms with van der Waals surface area (Å²) in [5.74, 6) is 0. The molecule has 0 fully saturated rings. The van der Waals surface area contributed by atoms with Crippen LogP contribution in [0.3, 0.4) is 0 Å². The van der Waals surface area contributed by atoms with Crippen molar-refractivity contribution in [3.63, 3.8) is 0 Å². The highest BCUT2D eigenvalue weighted by atomic mass is 14.7. The molecule has 0 atom stereocenters. The first-order chi connectivity index (χ1) is 6.47. The average molecular weight is 169 g/mol. The van der Waals surface area contributed by atoms with Crippen molar-refractivity contribution in [2.24, 2.45) is 4.99 Å². The number of rotatable bonds is 0. The van der Waals surface area contributed by atoms with Gasteiger partial charge >= 0.3 is 0 Å².